The van der Waals surface area contributed by atoms with Crippen LogP contribution in [-0.4, -0.2) is 46.7 Å². The molecule has 0 radical (unpaired) electrons. The van der Waals surface area contributed by atoms with Crippen molar-refractivity contribution in [3.05, 3.63) is 64.7 Å². The van der Waals surface area contributed by atoms with Gasteiger partial charge in [0.25, 0.3) is 5.91 Å². The second kappa shape index (κ2) is 12.5. The highest BCUT2D eigenvalue weighted by Gasteiger charge is 2.36. The zero-order valence-corrected chi connectivity index (χ0v) is 22.5. The number of thiol groups is 1. The number of rotatable bonds is 8. The highest BCUT2D eigenvalue weighted by Crippen LogP contribution is 2.28. The van der Waals surface area contributed by atoms with E-state index in [0.717, 1.165) is 16.7 Å². The lowest BCUT2D eigenvalue weighted by molar-refractivity contribution is -0.139. The molecule has 2 rings (SSSR count). The maximum atomic E-state index is 13.8. The molecule has 2 atom stereocenters. The molecule has 36 heavy (non-hydrogen) atoms. The Morgan fingerprint density at radius 1 is 1.03 bits per heavy atom. The molecule has 0 aromatic heterocycles. The number of alkyl carbamates (subject to hydrolysis) is 1. The fraction of sp³-hybridized carbons (Fsp3) is 0.407. The maximum absolute atomic E-state index is 13.8. The quantitative estimate of drug-likeness (QED) is 0.358. The van der Waals surface area contributed by atoms with Crippen LogP contribution >= 0.6 is 12.6 Å². The summed E-state index contributed by atoms with van der Waals surface area (Å²) in [5.41, 5.74) is 2.95. The molecule has 9 heteroatoms. The third-order valence-electron chi connectivity index (χ3n) is 5.47. The van der Waals surface area contributed by atoms with E-state index in [2.05, 4.69) is 23.3 Å². The van der Waals surface area contributed by atoms with Gasteiger partial charge in [-0.1, -0.05) is 42.5 Å². The van der Waals surface area contributed by atoms with Crippen LogP contribution in [-0.2, 0) is 14.3 Å². The third kappa shape index (κ3) is 7.49. The summed E-state index contributed by atoms with van der Waals surface area (Å²) < 4.78 is 5.28. The Balaban J connectivity index is 2.50. The van der Waals surface area contributed by atoms with Crippen molar-refractivity contribution in [2.45, 2.75) is 59.2 Å². The van der Waals surface area contributed by atoms with Crippen molar-refractivity contribution in [2.75, 3.05) is 17.6 Å². The molecule has 3 amide bonds. The molecule has 192 valence electrons. The lowest BCUT2D eigenvalue weighted by Gasteiger charge is -2.33. The van der Waals surface area contributed by atoms with Crippen molar-refractivity contribution in [3.8, 4) is 6.07 Å². The smallest absolute Gasteiger partial charge is 0.408 e. The second-order valence-corrected chi connectivity index (χ2v) is 9.89. The Morgan fingerprint density at radius 2 is 1.61 bits per heavy atom. The zero-order chi connectivity index (χ0) is 27.0. The number of amides is 3. The number of hydrogen-bond donors (Lipinski definition) is 3. The van der Waals surface area contributed by atoms with Crippen molar-refractivity contribution in [3.63, 3.8) is 0 Å². The lowest BCUT2D eigenvalue weighted by atomic mass is 9.97. The van der Waals surface area contributed by atoms with Gasteiger partial charge in [-0.05, 0) is 63.8 Å². The zero-order valence-electron chi connectivity index (χ0n) is 21.6. The molecule has 0 spiro atoms. The lowest BCUT2D eigenvalue weighted by Crippen LogP contribution is -2.53. The number of nitrogens with zero attached hydrogens (tertiary/aromatic N) is 2. The number of anilines is 1. The Bertz CT molecular complexity index is 1130. The molecule has 8 nitrogen and oxygen atoms in total. The standard InChI is InChI=1S/C27H34N4O4S/c1-17-10-7-8-13-20(17)23(24(32)30-22-18(2)11-9-12-19(22)3)31(15-14-28)25(33)21(16-36)29-26(34)35-27(4,5)6/h7-13,21,23,36H,15-16H2,1-6H3,(H,29,34)(H,30,32). The van der Waals surface area contributed by atoms with E-state index in [1.165, 1.54) is 4.90 Å². The molecular weight excluding hydrogens is 476 g/mol. The number of hydrogen-bond acceptors (Lipinski definition) is 6. The molecule has 0 aliphatic heterocycles. The molecule has 2 unspecified atom stereocenters. The highest BCUT2D eigenvalue weighted by atomic mass is 32.1. The van der Waals surface area contributed by atoms with Crippen LogP contribution in [0.2, 0.25) is 0 Å². The van der Waals surface area contributed by atoms with E-state index < -0.39 is 35.6 Å². The first-order valence-corrected chi connectivity index (χ1v) is 12.2. The molecule has 0 bridgehead atoms. The van der Waals surface area contributed by atoms with Gasteiger partial charge in [0, 0.05) is 11.4 Å². The second-order valence-electron chi connectivity index (χ2n) is 9.52. The SMILES string of the molecule is Cc1ccccc1C(C(=O)Nc1c(C)cccc1C)N(CC#N)C(=O)C(CS)NC(=O)OC(C)(C)C. The maximum Gasteiger partial charge on any atom is 0.408 e. The van der Waals surface area contributed by atoms with E-state index in [-0.39, 0.29) is 12.3 Å². The fourth-order valence-electron chi connectivity index (χ4n) is 3.76. The molecule has 0 saturated carbocycles. The van der Waals surface area contributed by atoms with Crippen LogP contribution in [0.5, 0.6) is 0 Å². The molecule has 0 fully saturated rings. The van der Waals surface area contributed by atoms with Gasteiger partial charge in [0.15, 0.2) is 0 Å². The topological polar surface area (TPSA) is 112 Å². The summed E-state index contributed by atoms with van der Waals surface area (Å²) in [6.07, 6.45) is -0.792. The summed E-state index contributed by atoms with van der Waals surface area (Å²) in [7, 11) is 0. The molecule has 0 heterocycles. The van der Waals surface area contributed by atoms with Gasteiger partial charge in [-0.2, -0.15) is 17.9 Å². The normalized spacial score (nSPS) is 12.6. The highest BCUT2D eigenvalue weighted by molar-refractivity contribution is 7.80. The van der Waals surface area contributed by atoms with Gasteiger partial charge in [0.1, 0.15) is 24.2 Å². The molecule has 2 aromatic carbocycles. The van der Waals surface area contributed by atoms with Crippen molar-refractivity contribution in [2.24, 2.45) is 0 Å². The van der Waals surface area contributed by atoms with Gasteiger partial charge in [0.2, 0.25) is 5.91 Å². The molecule has 0 saturated heterocycles. The number of benzene rings is 2. The van der Waals surface area contributed by atoms with Crippen LogP contribution in [0, 0.1) is 32.1 Å². The van der Waals surface area contributed by atoms with E-state index in [1.807, 2.05) is 57.2 Å². The third-order valence-corrected chi connectivity index (χ3v) is 5.83. The molecule has 0 aliphatic carbocycles. The Kier molecular flexibility index (Phi) is 9.93. The Hall–Kier alpha value is -3.51. The average molecular weight is 511 g/mol. The number of ether oxygens (including phenoxy) is 1. The van der Waals surface area contributed by atoms with Gasteiger partial charge >= 0.3 is 6.09 Å². The predicted octanol–water partition coefficient (Wildman–Crippen LogP) is 4.47. The largest absolute Gasteiger partial charge is 0.444 e. The van der Waals surface area contributed by atoms with Crippen LogP contribution in [0.3, 0.4) is 0 Å². The first-order chi connectivity index (χ1) is 16.9. The Labute approximate surface area is 218 Å². The first kappa shape index (κ1) is 28.7. The molecular formula is C27H34N4O4S. The minimum atomic E-state index is -1.12. The number of nitriles is 1. The van der Waals surface area contributed by atoms with Gasteiger partial charge in [-0.25, -0.2) is 4.79 Å². The monoisotopic (exact) mass is 510 g/mol. The van der Waals surface area contributed by atoms with Gasteiger partial charge < -0.3 is 20.3 Å². The summed E-state index contributed by atoms with van der Waals surface area (Å²) in [5.74, 6) is -1.15. The number of para-hydroxylation sites is 1. The van der Waals surface area contributed by atoms with Gasteiger partial charge in [0.05, 0.1) is 6.07 Å². The van der Waals surface area contributed by atoms with Gasteiger partial charge in [-0.15, -0.1) is 0 Å². The number of aryl methyl sites for hydroxylation is 3. The van der Waals surface area contributed by atoms with E-state index in [4.69, 9.17) is 4.74 Å². The Morgan fingerprint density at radius 3 is 2.14 bits per heavy atom. The van der Waals surface area contributed by atoms with Crippen LogP contribution in [0.1, 0.15) is 49.1 Å². The van der Waals surface area contributed by atoms with Crippen molar-refractivity contribution >= 4 is 36.2 Å². The van der Waals surface area contributed by atoms with Crippen molar-refractivity contribution in [1.82, 2.24) is 10.2 Å². The minimum Gasteiger partial charge on any atom is -0.444 e. The van der Waals surface area contributed by atoms with E-state index in [0.29, 0.717) is 11.3 Å². The summed E-state index contributed by atoms with van der Waals surface area (Å²) >= 11 is 4.24. The van der Waals surface area contributed by atoms with Crippen molar-refractivity contribution in [1.29, 1.82) is 5.26 Å². The number of nitrogens with one attached hydrogen (secondary N) is 2. The first-order valence-electron chi connectivity index (χ1n) is 11.6. The van der Waals surface area contributed by atoms with E-state index in [9.17, 15) is 19.6 Å². The van der Waals surface area contributed by atoms with Crippen LogP contribution in [0.4, 0.5) is 10.5 Å². The molecule has 2 N–H and O–H groups in total. The van der Waals surface area contributed by atoms with E-state index >= 15 is 0 Å². The molecule has 2 aromatic rings. The van der Waals surface area contributed by atoms with E-state index in [1.54, 1.807) is 32.9 Å². The molecule has 0 aliphatic rings. The summed E-state index contributed by atoms with van der Waals surface area (Å²) in [4.78, 5) is 41.0. The van der Waals surface area contributed by atoms with Gasteiger partial charge in [-0.3, -0.25) is 9.59 Å². The number of carbonyl (C=O) groups is 3. The predicted molar refractivity (Wildman–Crippen MR) is 143 cm³/mol. The minimum absolute atomic E-state index is 0.0565. The van der Waals surface area contributed by atoms with Crippen molar-refractivity contribution < 1.29 is 19.1 Å². The summed E-state index contributed by atoms with van der Waals surface area (Å²) in [5, 5.41) is 15.1. The summed E-state index contributed by atoms with van der Waals surface area (Å²) in [6, 6.07) is 12.6. The number of carbonyl (C=O) groups excluding carboxylic acids is 3. The summed E-state index contributed by atoms with van der Waals surface area (Å²) in [6.45, 7) is 10.3. The van der Waals surface area contributed by atoms with Crippen LogP contribution in [0.15, 0.2) is 42.5 Å². The fourth-order valence-corrected chi connectivity index (χ4v) is 4.00. The van der Waals surface area contributed by atoms with Crippen LogP contribution in [0.25, 0.3) is 0 Å². The average Bonchev–Trinajstić information content (AvgIpc) is 2.79. The van der Waals surface area contributed by atoms with Crippen LogP contribution < -0.4 is 10.6 Å².